The minimum atomic E-state index is 0.865. The minimum absolute atomic E-state index is 0.865. The third-order valence-electron chi connectivity index (χ3n) is 3.12. The average Bonchev–Trinajstić information content (AvgIpc) is 2.20. The molecule has 0 spiro atoms. The Morgan fingerprint density at radius 1 is 1.08 bits per heavy atom. The molecule has 0 aromatic heterocycles. The average molecular weight is 215 g/mol. The van der Waals surface area contributed by atoms with Gasteiger partial charge in [-0.1, -0.05) is 26.2 Å². The Hall–Kier alpha value is 0.700. The molecule has 1 saturated carbocycles. The lowest BCUT2D eigenvalue weighted by Gasteiger charge is -2.35. The van der Waals surface area contributed by atoms with Crippen LogP contribution < -0.4 is 0 Å². The molecule has 0 amide bonds. The normalized spacial score (nSPS) is 33.5. The fourth-order valence-electron chi connectivity index (χ4n) is 2.26. The summed E-state index contributed by atoms with van der Waals surface area (Å²) in [5.74, 6) is 5.58. The third kappa shape index (κ3) is 2.59. The first-order valence-electron chi connectivity index (χ1n) is 5.47. The Bertz CT molecular complexity index is 152. The fourth-order valence-corrected chi connectivity index (χ4v) is 5.59. The summed E-state index contributed by atoms with van der Waals surface area (Å²) < 4.78 is 0.865. The summed E-state index contributed by atoms with van der Waals surface area (Å²) in [4.78, 5) is 0. The van der Waals surface area contributed by atoms with Gasteiger partial charge in [0.1, 0.15) is 0 Å². The Kier molecular flexibility index (Phi) is 3.91. The molecule has 2 aliphatic rings. The molecule has 1 heterocycles. The third-order valence-corrected chi connectivity index (χ3v) is 6.19. The molecule has 1 unspecified atom stereocenters. The molecule has 75 valence electrons. The van der Waals surface area contributed by atoms with Gasteiger partial charge in [0.15, 0.2) is 0 Å². The smallest absolute Gasteiger partial charge is 0.0567 e. The second-order valence-electron chi connectivity index (χ2n) is 4.15. The topological polar surface area (TPSA) is 0 Å². The largest absolute Gasteiger partial charge is 0.147 e. The SMILES string of the molecule is CC1CCCC[C]1C1SCCCS1. The lowest BCUT2D eigenvalue weighted by atomic mass is 9.81. The van der Waals surface area contributed by atoms with Gasteiger partial charge < -0.3 is 0 Å². The van der Waals surface area contributed by atoms with Crippen molar-refractivity contribution in [2.75, 3.05) is 11.5 Å². The molecule has 0 aromatic rings. The molecule has 0 aromatic carbocycles. The van der Waals surface area contributed by atoms with Crippen LogP contribution in [0.2, 0.25) is 0 Å². The van der Waals surface area contributed by atoms with Crippen LogP contribution in [0.5, 0.6) is 0 Å². The summed E-state index contributed by atoms with van der Waals surface area (Å²) in [5.41, 5.74) is 0. The summed E-state index contributed by atoms with van der Waals surface area (Å²) in [6, 6.07) is 0. The van der Waals surface area contributed by atoms with Crippen LogP contribution in [0.25, 0.3) is 0 Å². The van der Waals surface area contributed by atoms with Crippen molar-refractivity contribution < 1.29 is 0 Å². The van der Waals surface area contributed by atoms with Gasteiger partial charge in [0.05, 0.1) is 4.58 Å². The van der Waals surface area contributed by atoms with Crippen LogP contribution in [0, 0.1) is 11.8 Å². The Morgan fingerprint density at radius 2 is 1.85 bits per heavy atom. The molecule has 2 rings (SSSR count). The van der Waals surface area contributed by atoms with Crippen LogP contribution >= 0.6 is 23.5 Å². The van der Waals surface area contributed by atoms with Gasteiger partial charge in [-0.2, -0.15) is 0 Å². The van der Waals surface area contributed by atoms with Gasteiger partial charge in [-0.25, -0.2) is 0 Å². The van der Waals surface area contributed by atoms with Gasteiger partial charge in [-0.3, -0.25) is 0 Å². The Labute approximate surface area is 90.6 Å². The number of rotatable bonds is 1. The van der Waals surface area contributed by atoms with E-state index in [0.717, 1.165) is 10.5 Å². The van der Waals surface area contributed by atoms with Crippen molar-refractivity contribution >= 4 is 23.5 Å². The van der Waals surface area contributed by atoms with Crippen LogP contribution in [-0.2, 0) is 0 Å². The molecule has 2 fully saturated rings. The molecule has 1 saturated heterocycles. The second kappa shape index (κ2) is 4.97. The molecule has 0 nitrogen and oxygen atoms in total. The van der Waals surface area contributed by atoms with E-state index in [0.29, 0.717) is 0 Å². The first kappa shape index (κ1) is 10.2. The van der Waals surface area contributed by atoms with Crippen LogP contribution in [0.3, 0.4) is 0 Å². The predicted molar refractivity (Wildman–Crippen MR) is 64.2 cm³/mol. The van der Waals surface area contributed by atoms with Crippen molar-refractivity contribution in [1.29, 1.82) is 0 Å². The van der Waals surface area contributed by atoms with Crippen molar-refractivity contribution in [3.05, 3.63) is 5.92 Å². The van der Waals surface area contributed by atoms with Crippen LogP contribution in [0.1, 0.15) is 39.0 Å². The lowest BCUT2D eigenvalue weighted by Crippen LogP contribution is -2.25. The quantitative estimate of drug-likeness (QED) is 0.649. The molecule has 1 aliphatic heterocycles. The Morgan fingerprint density at radius 3 is 2.54 bits per heavy atom. The molecule has 2 heteroatoms. The van der Waals surface area contributed by atoms with E-state index in [9.17, 15) is 0 Å². The Balaban J connectivity index is 1.88. The van der Waals surface area contributed by atoms with Crippen LogP contribution in [0.4, 0.5) is 0 Å². The molecular weight excluding hydrogens is 196 g/mol. The number of hydrogen-bond donors (Lipinski definition) is 0. The number of hydrogen-bond acceptors (Lipinski definition) is 2. The van der Waals surface area contributed by atoms with Crippen LogP contribution in [-0.4, -0.2) is 16.1 Å². The van der Waals surface area contributed by atoms with Gasteiger partial charge in [0.2, 0.25) is 0 Å². The highest BCUT2D eigenvalue weighted by Gasteiger charge is 2.31. The van der Waals surface area contributed by atoms with Gasteiger partial charge >= 0.3 is 0 Å². The van der Waals surface area contributed by atoms with Crippen LogP contribution in [0.15, 0.2) is 0 Å². The summed E-state index contributed by atoms with van der Waals surface area (Å²) >= 11 is 4.40. The highest BCUT2D eigenvalue weighted by atomic mass is 32.2. The molecular formula is C11H19S2. The summed E-state index contributed by atoms with van der Waals surface area (Å²) in [6.07, 6.45) is 7.22. The van der Waals surface area contributed by atoms with Crippen molar-refractivity contribution in [3.63, 3.8) is 0 Å². The first-order chi connectivity index (χ1) is 6.38. The van der Waals surface area contributed by atoms with Gasteiger partial charge in [0.25, 0.3) is 0 Å². The first-order valence-corrected chi connectivity index (χ1v) is 7.56. The molecule has 0 bridgehead atoms. The van der Waals surface area contributed by atoms with Crippen molar-refractivity contribution in [2.45, 2.75) is 43.6 Å². The zero-order chi connectivity index (χ0) is 9.10. The lowest BCUT2D eigenvalue weighted by molar-refractivity contribution is 0.421. The molecule has 1 atom stereocenters. The fraction of sp³-hybridized carbons (Fsp3) is 0.909. The van der Waals surface area contributed by atoms with E-state index in [1.807, 2.05) is 5.92 Å². The van der Waals surface area contributed by atoms with E-state index in [1.54, 1.807) is 0 Å². The molecule has 13 heavy (non-hydrogen) atoms. The van der Waals surface area contributed by atoms with Gasteiger partial charge in [0, 0.05) is 5.92 Å². The van der Waals surface area contributed by atoms with Crippen molar-refractivity contribution in [1.82, 2.24) is 0 Å². The zero-order valence-electron chi connectivity index (χ0n) is 8.42. The standard InChI is InChI=1S/C11H19S2/c1-9-5-2-3-6-10(9)11-12-7-4-8-13-11/h9,11H,2-8H2,1H3. The maximum Gasteiger partial charge on any atom is 0.0567 e. The van der Waals surface area contributed by atoms with E-state index in [-0.39, 0.29) is 0 Å². The van der Waals surface area contributed by atoms with Crippen molar-refractivity contribution in [2.24, 2.45) is 5.92 Å². The maximum absolute atomic E-state index is 2.43. The van der Waals surface area contributed by atoms with E-state index < -0.39 is 0 Å². The highest BCUT2D eigenvalue weighted by molar-refractivity contribution is 8.17. The summed E-state index contributed by atoms with van der Waals surface area (Å²) in [5, 5.41) is 0. The minimum Gasteiger partial charge on any atom is -0.147 e. The van der Waals surface area contributed by atoms with Gasteiger partial charge in [-0.15, -0.1) is 23.5 Å². The van der Waals surface area contributed by atoms with Gasteiger partial charge in [-0.05, 0) is 30.3 Å². The second-order valence-corrected chi connectivity index (χ2v) is 6.87. The molecule has 1 aliphatic carbocycles. The maximum atomic E-state index is 2.43. The molecule has 0 N–H and O–H groups in total. The van der Waals surface area contributed by atoms with E-state index in [1.165, 1.54) is 43.6 Å². The van der Waals surface area contributed by atoms with Crippen molar-refractivity contribution in [3.8, 4) is 0 Å². The monoisotopic (exact) mass is 215 g/mol. The van der Waals surface area contributed by atoms with E-state index in [4.69, 9.17) is 0 Å². The van der Waals surface area contributed by atoms with E-state index >= 15 is 0 Å². The predicted octanol–water partition coefficient (Wildman–Crippen LogP) is 3.97. The molecule has 1 radical (unpaired) electrons. The number of thioether (sulfide) groups is 2. The zero-order valence-corrected chi connectivity index (χ0v) is 10.1. The van der Waals surface area contributed by atoms with E-state index in [2.05, 4.69) is 30.4 Å². The summed E-state index contributed by atoms with van der Waals surface area (Å²) in [7, 11) is 0. The highest BCUT2D eigenvalue weighted by Crippen LogP contribution is 2.45. The summed E-state index contributed by atoms with van der Waals surface area (Å²) in [6.45, 7) is 2.43.